The van der Waals surface area contributed by atoms with Crippen molar-refractivity contribution in [3.8, 4) is 5.75 Å². The highest BCUT2D eigenvalue weighted by Gasteiger charge is 2.44. The van der Waals surface area contributed by atoms with Gasteiger partial charge in [-0.3, -0.25) is 19.3 Å². The lowest BCUT2D eigenvalue weighted by molar-refractivity contribution is -0.144. The van der Waals surface area contributed by atoms with E-state index in [9.17, 15) is 19.2 Å². The van der Waals surface area contributed by atoms with E-state index in [1.54, 1.807) is 19.2 Å². The maximum atomic E-state index is 13.3. The molecule has 0 radical (unpaired) electrons. The molecule has 35 heavy (non-hydrogen) atoms. The van der Waals surface area contributed by atoms with Crippen LogP contribution in [0, 0.1) is 0 Å². The third-order valence-corrected chi connectivity index (χ3v) is 6.29. The van der Waals surface area contributed by atoms with Gasteiger partial charge in [0.15, 0.2) is 0 Å². The topological polar surface area (TPSA) is 99.6 Å². The van der Waals surface area contributed by atoms with Crippen LogP contribution in [0.25, 0.3) is 10.8 Å². The van der Waals surface area contributed by atoms with E-state index in [-0.39, 0.29) is 0 Å². The van der Waals surface area contributed by atoms with Gasteiger partial charge in [0.2, 0.25) is 0 Å². The number of fused-ring (bicyclic) bond motifs is 1. The maximum absolute atomic E-state index is 13.3. The molecule has 1 saturated heterocycles. The highest BCUT2D eigenvalue weighted by molar-refractivity contribution is 6.44. The lowest BCUT2D eigenvalue weighted by Crippen LogP contribution is -2.41. The summed E-state index contributed by atoms with van der Waals surface area (Å²) >= 11 is 0. The lowest BCUT2D eigenvalue weighted by atomic mass is 9.97. The summed E-state index contributed by atoms with van der Waals surface area (Å²) in [4.78, 5) is 51.0. The van der Waals surface area contributed by atoms with Crippen LogP contribution < -0.4 is 4.74 Å². The molecule has 0 aliphatic carbocycles. The first kappa shape index (κ1) is 22.3. The minimum atomic E-state index is -1.02. The van der Waals surface area contributed by atoms with Gasteiger partial charge >= 0.3 is 17.8 Å². The molecule has 2 aliphatic heterocycles. The number of likely N-dealkylation sites (N-methyl/N-ethyl adjacent to an activating group) is 1. The summed E-state index contributed by atoms with van der Waals surface area (Å²) in [6, 6.07) is 20.0. The third kappa shape index (κ3) is 3.90. The fraction of sp³-hybridized carbons (Fsp3) is 0.192. The van der Waals surface area contributed by atoms with Crippen molar-refractivity contribution >= 4 is 40.2 Å². The second kappa shape index (κ2) is 8.68. The zero-order valence-electron chi connectivity index (χ0n) is 19.2. The van der Waals surface area contributed by atoms with Crippen molar-refractivity contribution in [2.75, 3.05) is 20.7 Å². The van der Waals surface area contributed by atoms with E-state index in [2.05, 4.69) is 5.10 Å². The first-order valence-corrected chi connectivity index (χ1v) is 11.0. The number of ether oxygens (including phenoxy) is 1. The Kier molecular flexibility index (Phi) is 5.52. The van der Waals surface area contributed by atoms with Crippen molar-refractivity contribution < 1.29 is 23.9 Å². The van der Waals surface area contributed by atoms with Crippen molar-refractivity contribution in [1.82, 2.24) is 14.8 Å². The molecule has 5 rings (SSSR count). The molecule has 1 unspecified atom stereocenters. The number of hydrazone groups is 1. The molecule has 3 aromatic carbocycles. The molecule has 3 aromatic rings. The van der Waals surface area contributed by atoms with Gasteiger partial charge in [0.05, 0.1) is 18.9 Å². The minimum Gasteiger partial charge on any atom is -0.497 e. The average molecular weight is 470 g/mol. The summed E-state index contributed by atoms with van der Waals surface area (Å²) < 4.78 is 5.24. The van der Waals surface area contributed by atoms with Crippen molar-refractivity contribution in [3.63, 3.8) is 0 Å². The molecule has 1 atom stereocenters. The third-order valence-electron chi connectivity index (χ3n) is 6.29. The molecule has 9 heteroatoms. The van der Waals surface area contributed by atoms with Crippen LogP contribution in [0.4, 0.5) is 4.79 Å². The predicted octanol–water partition coefficient (Wildman–Crippen LogP) is 2.95. The van der Waals surface area contributed by atoms with E-state index in [4.69, 9.17) is 4.74 Å². The van der Waals surface area contributed by atoms with Crippen LogP contribution in [0.3, 0.4) is 0 Å². The van der Waals surface area contributed by atoms with Gasteiger partial charge in [0.25, 0.3) is 5.91 Å². The lowest BCUT2D eigenvalue weighted by Gasteiger charge is -2.23. The largest absolute Gasteiger partial charge is 0.497 e. The SMILES string of the molecule is COc1ccc(C2CC(c3ccc4ccccc4c3)=NN2C(=O)CN2C(=O)C(=O)N(C)C2=O)cc1. The normalized spacial score (nSPS) is 18.0. The van der Waals surface area contributed by atoms with E-state index in [0.29, 0.717) is 27.7 Å². The fourth-order valence-electron chi connectivity index (χ4n) is 4.33. The van der Waals surface area contributed by atoms with Crippen LogP contribution >= 0.6 is 0 Å². The van der Waals surface area contributed by atoms with E-state index >= 15 is 0 Å². The minimum absolute atomic E-state index is 0.442. The zero-order valence-corrected chi connectivity index (χ0v) is 19.2. The zero-order chi connectivity index (χ0) is 24.7. The predicted molar refractivity (Wildman–Crippen MR) is 128 cm³/mol. The summed E-state index contributed by atoms with van der Waals surface area (Å²) in [6.07, 6.45) is 0.442. The van der Waals surface area contributed by atoms with Crippen LogP contribution in [0.2, 0.25) is 0 Å². The Morgan fingerprint density at radius 3 is 2.34 bits per heavy atom. The fourth-order valence-corrected chi connectivity index (χ4v) is 4.33. The monoisotopic (exact) mass is 470 g/mol. The molecule has 0 aromatic heterocycles. The number of hydrogen-bond donors (Lipinski definition) is 0. The van der Waals surface area contributed by atoms with Gasteiger partial charge in [0, 0.05) is 13.5 Å². The Hall–Kier alpha value is -4.53. The van der Waals surface area contributed by atoms with Crippen molar-refractivity contribution in [3.05, 3.63) is 77.9 Å². The molecular weight excluding hydrogens is 448 g/mol. The number of methoxy groups -OCH3 is 1. The van der Waals surface area contributed by atoms with Crippen LogP contribution in [0.15, 0.2) is 71.8 Å². The van der Waals surface area contributed by atoms with Crippen molar-refractivity contribution in [2.24, 2.45) is 5.10 Å². The number of hydrogen-bond acceptors (Lipinski definition) is 6. The smallest absolute Gasteiger partial charge is 0.334 e. The van der Waals surface area contributed by atoms with Crippen LogP contribution in [-0.4, -0.2) is 65.0 Å². The molecule has 0 bridgehead atoms. The first-order chi connectivity index (χ1) is 16.9. The Bertz CT molecular complexity index is 1400. The van der Waals surface area contributed by atoms with Crippen LogP contribution in [0.5, 0.6) is 5.75 Å². The highest BCUT2D eigenvalue weighted by Crippen LogP contribution is 2.34. The number of carbonyl (C=O) groups is 4. The van der Waals surface area contributed by atoms with Crippen LogP contribution in [-0.2, 0) is 14.4 Å². The molecule has 2 heterocycles. The number of amides is 5. The molecule has 176 valence electrons. The summed E-state index contributed by atoms with van der Waals surface area (Å²) in [7, 11) is 2.78. The van der Waals surface area contributed by atoms with Gasteiger partial charge in [-0.25, -0.2) is 14.7 Å². The van der Waals surface area contributed by atoms with Gasteiger partial charge in [-0.05, 0) is 40.1 Å². The average Bonchev–Trinajstić information content (AvgIpc) is 3.41. The van der Waals surface area contributed by atoms with E-state index in [1.807, 2.05) is 54.6 Å². The number of rotatable bonds is 5. The second-order valence-electron chi connectivity index (χ2n) is 8.38. The number of carbonyl (C=O) groups excluding carboxylic acids is 4. The maximum Gasteiger partial charge on any atom is 0.334 e. The Labute approximate surface area is 201 Å². The number of nitrogens with zero attached hydrogens (tertiary/aromatic N) is 4. The number of urea groups is 1. The van der Waals surface area contributed by atoms with Gasteiger partial charge in [0.1, 0.15) is 12.3 Å². The van der Waals surface area contributed by atoms with Gasteiger partial charge in [-0.1, -0.05) is 48.5 Å². The molecule has 2 aliphatic rings. The van der Waals surface area contributed by atoms with E-state index < -0.39 is 36.3 Å². The molecule has 9 nitrogen and oxygen atoms in total. The van der Waals surface area contributed by atoms with Crippen molar-refractivity contribution in [1.29, 1.82) is 0 Å². The standard InChI is InChI=1S/C26H22N4O5/c1-28-24(32)25(33)29(26(28)34)15-23(31)30-22(17-9-11-20(35-2)12-10-17)14-21(27-30)19-8-7-16-5-3-4-6-18(16)13-19/h3-13,22H,14-15H2,1-2H3. The highest BCUT2D eigenvalue weighted by atomic mass is 16.5. The number of imide groups is 2. The summed E-state index contributed by atoms with van der Waals surface area (Å²) in [5, 5.41) is 8.06. The number of benzene rings is 3. The Morgan fingerprint density at radius 1 is 0.971 bits per heavy atom. The summed E-state index contributed by atoms with van der Waals surface area (Å²) in [5.74, 6) is -1.87. The van der Waals surface area contributed by atoms with Crippen molar-refractivity contribution in [2.45, 2.75) is 12.5 Å². The summed E-state index contributed by atoms with van der Waals surface area (Å²) in [6.45, 7) is -0.575. The summed E-state index contributed by atoms with van der Waals surface area (Å²) in [5.41, 5.74) is 2.41. The van der Waals surface area contributed by atoms with Gasteiger partial charge < -0.3 is 4.74 Å². The van der Waals surface area contributed by atoms with E-state index in [1.165, 1.54) is 12.1 Å². The molecule has 0 saturated carbocycles. The molecule has 5 amide bonds. The molecular formula is C26H22N4O5. The van der Waals surface area contributed by atoms with Gasteiger partial charge in [-0.2, -0.15) is 5.10 Å². The molecule has 1 fully saturated rings. The molecule has 0 N–H and O–H groups in total. The van der Waals surface area contributed by atoms with E-state index in [0.717, 1.165) is 21.9 Å². The second-order valence-corrected chi connectivity index (χ2v) is 8.38. The van der Waals surface area contributed by atoms with Crippen LogP contribution in [0.1, 0.15) is 23.6 Å². The van der Waals surface area contributed by atoms with Gasteiger partial charge in [-0.15, -0.1) is 0 Å². The Balaban J connectivity index is 1.48. The Morgan fingerprint density at radius 2 is 1.69 bits per heavy atom. The quantitative estimate of drug-likeness (QED) is 0.422. The molecule has 0 spiro atoms. The first-order valence-electron chi connectivity index (χ1n) is 11.0.